The number of aromatic nitrogens is 3. The largest absolute Gasteiger partial charge is 0.424 e. The first-order valence-electron chi connectivity index (χ1n) is 6.33. The van der Waals surface area contributed by atoms with E-state index in [2.05, 4.69) is 15.0 Å². The first-order valence-corrected chi connectivity index (χ1v) is 6.70. The van der Waals surface area contributed by atoms with Gasteiger partial charge in [-0.05, 0) is 37.6 Å². The van der Waals surface area contributed by atoms with Gasteiger partial charge in [-0.25, -0.2) is 8.78 Å². The summed E-state index contributed by atoms with van der Waals surface area (Å²) in [6.45, 7) is 5.25. The Kier molecular flexibility index (Phi) is 4.85. The van der Waals surface area contributed by atoms with Gasteiger partial charge in [0.1, 0.15) is 5.75 Å². The Morgan fingerprint density at radius 1 is 1.10 bits per heavy atom. The van der Waals surface area contributed by atoms with Gasteiger partial charge in [-0.3, -0.25) is 0 Å². The van der Waals surface area contributed by atoms with Gasteiger partial charge >= 0.3 is 6.01 Å². The van der Waals surface area contributed by atoms with E-state index in [1.165, 1.54) is 6.07 Å². The van der Waals surface area contributed by atoms with E-state index in [1.54, 1.807) is 0 Å². The lowest BCUT2D eigenvalue weighted by Gasteiger charge is -2.18. The topological polar surface area (TPSA) is 51.1 Å². The molecule has 112 valence electrons. The number of ether oxygens (including phenoxy) is 1. The molecule has 21 heavy (non-hydrogen) atoms. The third kappa shape index (κ3) is 3.75. The van der Waals surface area contributed by atoms with Gasteiger partial charge in [0.05, 0.1) is 0 Å². The maximum atomic E-state index is 13.1. The average molecular weight is 315 g/mol. The summed E-state index contributed by atoms with van der Waals surface area (Å²) in [6, 6.07) is 3.05. The van der Waals surface area contributed by atoms with Crippen LogP contribution in [0.25, 0.3) is 0 Å². The molecule has 0 fully saturated rings. The van der Waals surface area contributed by atoms with E-state index in [0.29, 0.717) is 19.0 Å². The van der Waals surface area contributed by atoms with Crippen molar-refractivity contribution >= 4 is 17.5 Å². The molecular formula is C13H13ClF2N4O. The molecule has 0 spiro atoms. The summed E-state index contributed by atoms with van der Waals surface area (Å²) in [5.41, 5.74) is 0. The molecule has 0 bridgehead atoms. The summed E-state index contributed by atoms with van der Waals surface area (Å²) in [4.78, 5) is 13.8. The van der Waals surface area contributed by atoms with Crippen LogP contribution in [0.2, 0.25) is 5.28 Å². The van der Waals surface area contributed by atoms with Crippen LogP contribution in [-0.2, 0) is 0 Å². The predicted molar refractivity (Wildman–Crippen MR) is 74.8 cm³/mol. The standard InChI is InChI=1S/C13H13ClF2N4O/c1-3-20(4-2)12-17-11(14)18-13(19-12)21-8-5-6-9(15)10(16)7-8/h5-7H,3-4H2,1-2H3. The van der Waals surface area contributed by atoms with Gasteiger partial charge < -0.3 is 9.64 Å². The summed E-state index contributed by atoms with van der Waals surface area (Å²) in [5.74, 6) is -1.55. The molecule has 1 aromatic heterocycles. The highest BCUT2D eigenvalue weighted by Gasteiger charge is 2.12. The van der Waals surface area contributed by atoms with Crippen LogP contribution in [0.15, 0.2) is 18.2 Å². The normalized spacial score (nSPS) is 10.5. The Morgan fingerprint density at radius 2 is 1.81 bits per heavy atom. The van der Waals surface area contributed by atoms with Crippen molar-refractivity contribution in [2.45, 2.75) is 13.8 Å². The van der Waals surface area contributed by atoms with Gasteiger partial charge in [-0.1, -0.05) is 0 Å². The summed E-state index contributed by atoms with van der Waals surface area (Å²) < 4.78 is 31.3. The van der Waals surface area contributed by atoms with Crippen molar-refractivity contribution < 1.29 is 13.5 Å². The first-order chi connectivity index (χ1) is 10.0. The second-order valence-corrected chi connectivity index (χ2v) is 4.38. The van der Waals surface area contributed by atoms with Crippen LogP contribution >= 0.6 is 11.6 Å². The predicted octanol–water partition coefficient (Wildman–Crippen LogP) is 3.44. The molecule has 0 saturated carbocycles. The Labute approximate surface area is 125 Å². The second-order valence-electron chi connectivity index (χ2n) is 4.04. The van der Waals surface area contributed by atoms with E-state index in [9.17, 15) is 8.78 Å². The second kappa shape index (κ2) is 6.62. The van der Waals surface area contributed by atoms with E-state index in [0.717, 1.165) is 12.1 Å². The molecule has 0 amide bonds. The number of rotatable bonds is 5. The highest BCUT2D eigenvalue weighted by atomic mass is 35.5. The van der Waals surface area contributed by atoms with E-state index in [4.69, 9.17) is 16.3 Å². The minimum atomic E-state index is -1.02. The Morgan fingerprint density at radius 3 is 2.43 bits per heavy atom. The Balaban J connectivity index is 2.29. The summed E-state index contributed by atoms with van der Waals surface area (Å²) in [7, 11) is 0. The molecule has 0 aliphatic heterocycles. The van der Waals surface area contributed by atoms with E-state index >= 15 is 0 Å². The fraction of sp³-hybridized carbons (Fsp3) is 0.308. The molecule has 1 aromatic carbocycles. The molecule has 1 heterocycles. The fourth-order valence-corrected chi connectivity index (χ4v) is 1.81. The molecule has 8 heteroatoms. The lowest BCUT2D eigenvalue weighted by Crippen LogP contribution is -2.24. The van der Waals surface area contributed by atoms with Crippen molar-refractivity contribution in [3.05, 3.63) is 35.1 Å². The van der Waals surface area contributed by atoms with E-state index in [-0.39, 0.29) is 17.0 Å². The highest BCUT2D eigenvalue weighted by molar-refractivity contribution is 6.28. The van der Waals surface area contributed by atoms with Crippen LogP contribution in [-0.4, -0.2) is 28.0 Å². The fourth-order valence-electron chi connectivity index (χ4n) is 1.66. The first kappa shape index (κ1) is 15.4. The zero-order valence-corrected chi connectivity index (χ0v) is 12.2. The van der Waals surface area contributed by atoms with Crippen LogP contribution in [0, 0.1) is 11.6 Å². The number of hydrogen-bond donors (Lipinski definition) is 0. The molecule has 2 rings (SSSR count). The van der Waals surface area contributed by atoms with Gasteiger partial charge in [0, 0.05) is 19.2 Å². The maximum absolute atomic E-state index is 13.1. The van der Waals surface area contributed by atoms with E-state index < -0.39 is 11.6 Å². The maximum Gasteiger partial charge on any atom is 0.328 e. The van der Waals surface area contributed by atoms with Crippen LogP contribution in [0.1, 0.15) is 13.8 Å². The molecule has 0 aliphatic carbocycles. The van der Waals surface area contributed by atoms with Crippen LogP contribution in [0.4, 0.5) is 14.7 Å². The molecular weight excluding hydrogens is 302 g/mol. The molecule has 0 unspecified atom stereocenters. The smallest absolute Gasteiger partial charge is 0.328 e. The molecule has 0 N–H and O–H groups in total. The van der Waals surface area contributed by atoms with Crippen molar-refractivity contribution in [3.63, 3.8) is 0 Å². The van der Waals surface area contributed by atoms with Gasteiger partial charge in [-0.2, -0.15) is 15.0 Å². The number of halogens is 3. The van der Waals surface area contributed by atoms with Crippen molar-refractivity contribution in [3.8, 4) is 11.8 Å². The lowest BCUT2D eigenvalue weighted by molar-refractivity contribution is 0.428. The molecule has 0 aliphatic rings. The van der Waals surface area contributed by atoms with Crippen LogP contribution in [0.3, 0.4) is 0 Å². The number of anilines is 1. The average Bonchev–Trinajstić information content (AvgIpc) is 2.44. The van der Waals surface area contributed by atoms with Gasteiger partial charge in [-0.15, -0.1) is 0 Å². The third-order valence-corrected chi connectivity index (χ3v) is 2.89. The molecule has 5 nitrogen and oxygen atoms in total. The van der Waals surface area contributed by atoms with Crippen molar-refractivity contribution in [1.82, 2.24) is 15.0 Å². The molecule has 0 radical (unpaired) electrons. The zero-order valence-electron chi connectivity index (χ0n) is 11.5. The van der Waals surface area contributed by atoms with Gasteiger partial charge in [0.2, 0.25) is 11.2 Å². The summed E-state index contributed by atoms with van der Waals surface area (Å²) >= 11 is 5.83. The molecule has 0 atom stereocenters. The quantitative estimate of drug-likeness (QED) is 0.846. The van der Waals surface area contributed by atoms with Crippen molar-refractivity contribution in [2.75, 3.05) is 18.0 Å². The minimum Gasteiger partial charge on any atom is -0.424 e. The molecule has 0 saturated heterocycles. The van der Waals surface area contributed by atoms with Crippen LogP contribution < -0.4 is 9.64 Å². The van der Waals surface area contributed by atoms with Gasteiger partial charge in [0.15, 0.2) is 11.6 Å². The zero-order chi connectivity index (χ0) is 15.4. The Bertz CT molecular complexity index is 638. The monoisotopic (exact) mass is 314 g/mol. The van der Waals surface area contributed by atoms with Gasteiger partial charge in [0.25, 0.3) is 0 Å². The highest BCUT2D eigenvalue weighted by Crippen LogP contribution is 2.22. The number of hydrogen-bond acceptors (Lipinski definition) is 5. The SMILES string of the molecule is CCN(CC)c1nc(Cl)nc(Oc2ccc(F)c(F)c2)n1. The third-order valence-electron chi connectivity index (χ3n) is 2.72. The molecule has 2 aromatic rings. The van der Waals surface area contributed by atoms with Crippen molar-refractivity contribution in [2.24, 2.45) is 0 Å². The van der Waals surface area contributed by atoms with E-state index in [1.807, 2.05) is 18.7 Å². The minimum absolute atomic E-state index is 0.0375. The number of benzene rings is 1. The van der Waals surface area contributed by atoms with Crippen molar-refractivity contribution in [1.29, 1.82) is 0 Å². The van der Waals surface area contributed by atoms with Crippen LogP contribution in [0.5, 0.6) is 11.8 Å². The number of nitrogens with zero attached hydrogens (tertiary/aromatic N) is 4. The Hall–Kier alpha value is -2.02. The summed E-state index contributed by atoms with van der Waals surface area (Å²) in [6.07, 6.45) is 0. The lowest BCUT2D eigenvalue weighted by atomic mass is 10.3. The summed E-state index contributed by atoms with van der Waals surface area (Å²) in [5, 5.41) is -0.0375.